The van der Waals surface area contributed by atoms with Gasteiger partial charge < -0.3 is 9.64 Å². The van der Waals surface area contributed by atoms with E-state index in [0.717, 1.165) is 70.1 Å². The van der Waals surface area contributed by atoms with E-state index in [9.17, 15) is 4.79 Å². The van der Waals surface area contributed by atoms with Crippen LogP contribution in [-0.2, 0) is 4.79 Å². The van der Waals surface area contributed by atoms with Crippen molar-refractivity contribution in [2.75, 3.05) is 59.0 Å². The summed E-state index contributed by atoms with van der Waals surface area (Å²) in [6.07, 6.45) is 2.14. The maximum absolute atomic E-state index is 12.8. The fourth-order valence-corrected chi connectivity index (χ4v) is 4.60. The van der Waals surface area contributed by atoms with Crippen LogP contribution in [-0.4, -0.2) is 89.2 Å². The Morgan fingerprint density at radius 1 is 1.10 bits per heavy atom. The number of carbonyl (C=O) groups is 1. The molecule has 1 aromatic heterocycles. The van der Waals surface area contributed by atoms with Crippen LogP contribution in [0.1, 0.15) is 24.5 Å². The number of benzene rings is 1. The minimum Gasteiger partial charge on any atom is -0.492 e. The molecule has 2 aromatic rings. The van der Waals surface area contributed by atoms with Gasteiger partial charge in [0.05, 0.1) is 12.2 Å². The summed E-state index contributed by atoms with van der Waals surface area (Å²) in [6.45, 7) is 7.63. The minimum absolute atomic E-state index is 0.249. The quantitative estimate of drug-likeness (QED) is 0.689. The summed E-state index contributed by atoms with van der Waals surface area (Å²) in [6, 6.07) is 9.94. The third-order valence-corrected chi connectivity index (χ3v) is 6.34. The molecule has 0 unspecified atom stereocenters. The molecule has 2 aliphatic rings. The smallest absolute Gasteiger partial charge is 0.236 e. The maximum atomic E-state index is 12.8. The summed E-state index contributed by atoms with van der Waals surface area (Å²) in [4.78, 5) is 19.5. The van der Waals surface area contributed by atoms with Crippen LogP contribution in [0.25, 0.3) is 0 Å². The lowest BCUT2D eigenvalue weighted by Crippen LogP contribution is -2.51. The van der Waals surface area contributed by atoms with E-state index in [1.54, 1.807) is 0 Å². The van der Waals surface area contributed by atoms with Crippen molar-refractivity contribution in [3.8, 4) is 5.75 Å². The standard InChI is InChI=1S/C21H29N5O2S/c27-21(26-8-4-5-18(15-26)20-17-29-23-22-20)16-25-11-9-24(10-12-25)13-14-28-19-6-2-1-3-7-19/h1-3,6-7,17-18H,4-5,8-16H2/t18-/m1/s1. The average Bonchev–Trinajstić information content (AvgIpc) is 3.31. The number of carbonyl (C=O) groups excluding carboxylic acids is 1. The Morgan fingerprint density at radius 2 is 1.90 bits per heavy atom. The predicted octanol–water partition coefficient (Wildman–Crippen LogP) is 1.94. The van der Waals surface area contributed by atoms with Crippen LogP contribution in [0.5, 0.6) is 5.75 Å². The van der Waals surface area contributed by atoms with Crippen LogP contribution >= 0.6 is 11.5 Å². The van der Waals surface area contributed by atoms with Crippen LogP contribution in [0.3, 0.4) is 0 Å². The zero-order valence-corrected chi connectivity index (χ0v) is 17.6. The largest absolute Gasteiger partial charge is 0.492 e. The lowest BCUT2D eigenvalue weighted by atomic mass is 9.95. The van der Waals surface area contributed by atoms with Gasteiger partial charge in [-0.15, -0.1) is 5.10 Å². The van der Waals surface area contributed by atoms with E-state index >= 15 is 0 Å². The second kappa shape index (κ2) is 10.1. The van der Waals surface area contributed by atoms with Gasteiger partial charge >= 0.3 is 0 Å². The summed E-state index contributed by atoms with van der Waals surface area (Å²) >= 11 is 1.39. The van der Waals surface area contributed by atoms with Gasteiger partial charge in [0.1, 0.15) is 12.4 Å². The number of piperazine rings is 1. The number of ether oxygens (including phenoxy) is 1. The first kappa shape index (κ1) is 20.3. The SMILES string of the molecule is O=C(CN1CCN(CCOc2ccccc2)CC1)N1CCC[C@@H](c2csnn2)C1. The molecule has 2 fully saturated rings. The number of amides is 1. The molecule has 3 heterocycles. The second-order valence-electron chi connectivity index (χ2n) is 7.79. The van der Waals surface area contributed by atoms with Crippen LogP contribution < -0.4 is 4.74 Å². The monoisotopic (exact) mass is 415 g/mol. The van der Waals surface area contributed by atoms with Crippen molar-refractivity contribution in [2.24, 2.45) is 0 Å². The molecular weight excluding hydrogens is 386 g/mol. The minimum atomic E-state index is 0.249. The van der Waals surface area contributed by atoms with E-state index in [1.807, 2.05) is 40.6 Å². The number of rotatable bonds is 7. The number of piperidine rings is 1. The van der Waals surface area contributed by atoms with Crippen molar-refractivity contribution in [1.29, 1.82) is 0 Å². The van der Waals surface area contributed by atoms with E-state index in [1.165, 1.54) is 11.5 Å². The second-order valence-corrected chi connectivity index (χ2v) is 8.40. The van der Waals surface area contributed by atoms with Crippen molar-refractivity contribution < 1.29 is 9.53 Å². The molecule has 2 saturated heterocycles. The van der Waals surface area contributed by atoms with Crippen LogP contribution in [0.15, 0.2) is 35.7 Å². The van der Waals surface area contributed by atoms with Gasteiger partial charge in [-0.1, -0.05) is 22.7 Å². The molecule has 156 valence electrons. The topological polar surface area (TPSA) is 61.8 Å². The number of hydrogen-bond donors (Lipinski definition) is 0. The lowest BCUT2D eigenvalue weighted by molar-refractivity contribution is -0.134. The van der Waals surface area contributed by atoms with Crippen LogP contribution in [0.4, 0.5) is 0 Å². The van der Waals surface area contributed by atoms with E-state index in [4.69, 9.17) is 4.74 Å². The van der Waals surface area contributed by atoms with Gasteiger partial charge in [-0.3, -0.25) is 14.6 Å². The summed E-state index contributed by atoms with van der Waals surface area (Å²) in [7, 11) is 0. The van der Waals surface area contributed by atoms with E-state index in [-0.39, 0.29) is 5.91 Å². The number of likely N-dealkylation sites (tertiary alicyclic amines) is 1. The van der Waals surface area contributed by atoms with Gasteiger partial charge in [0, 0.05) is 57.1 Å². The average molecular weight is 416 g/mol. The van der Waals surface area contributed by atoms with E-state index in [0.29, 0.717) is 19.1 Å². The number of aromatic nitrogens is 2. The van der Waals surface area contributed by atoms with Crippen molar-refractivity contribution in [3.63, 3.8) is 0 Å². The predicted molar refractivity (Wildman–Crippen MR) is 113 cm³/mol. The molecule has 29 heavy (non-hydrogen) atoms. The van der Waals surface area contributed by atoms with E-state index in [2.05, 4.69) is 19.4 Å². The third-order valence-electron chi connectivity index (χ3n) is 5.81. The molecule has 1 aromatic carbocycles. The number of nitrogens with zero attached hydrogens (tertiary/aromatic N) is 5. The Labute approximate surface area is 176 Å². The first-order chi connectivity index (χ1) is 14.3. The molecule has 0 bridgehead atoms. The van der Waals surface area contributed by atoms with Gasteiger partial charge in [0.2, 0.25) is 5.91 Å². The molecule has 0 spiro atoms. The van der Waals surface area contributed by atoms with Gasteiger partial charge in [-0.05, 0) is 36.5 Å². The van der Waals surface area contributed by atoms with Crippen molar-refractivity contribution in [1.82, 2.24) is 24.3 Å². The van der Waals surface area contributed by atoms with Crippen LogP contribution in [0.2, 0.25) is 0 Å². The summed E-state index contributed by atoms with van der Waals surface area (Å²) in [5.41, 5.74) is 1.04. The van der Waals surface area contributed by atoms with Gasteiger partial charge in [-0.25, -0.2) is 0 Å². The highest BCUT2D eigenvalue weighted by Crippen LogP contribution is 2.26. The molecule has 0 aliphatic carbocycles. The van der Waals surface area contributed by atoms with Gasteiger partial charge in [0.15, 0.2) is 0 Å². The molecule has 7 nitrogen and oxygen atoms in total. The molecule has 8 heteroatoms. The van der Waals surface area contributed by atoms with Gasteiger partial charge in [-0.2, -0.15) is 0 Å². The summed E-state index contributed by atoms with van der Waals surface area (Å²) in [5, 5.41) is 6.22. The zero-order valence-electron chi connectivity index (χ0n) is 16.8. The molecule has 0 radical (unpaired) electrons. The highest BCUT2D eigenvalue weighted by Gasteiger charge is 2.28. The Bertz CT molecular complexity index is 750. The van der Waals surface area contributed by atoms with Crippen LogP contribution in [0, 0.1) is 0 Å². The summed E-state index contributed by atoms with van der Waals surface area (Å²) in [5.74, 6) is 1.51. The molecule has 4 rings (SSSR count). The zero-order chi connectivity index (χ0) is 19.9. The normalized spacial score (nSPS) is 21.2. The molecule has 1 atom stereocenters. The first-order valence-corrected chi connectivity index (χ1v) is 11.3. The van der Waals surface area contributed by atoms with E-state index < -0.39 is 0 Å². The fraction of sp³-hybridized carbons (Fsp3) is 0.571. The highest BCUT2D eigenvalue weighted by atomic mass is 32.1. The van der Waals surface area contributed by atoms with Crippen molar-refractivity contribution >= 4 is 17.4 Å². The Hall–Kier alpha value is -2.03. The highest BCUT2D eigenvalue weighted by molar-refractivity contribution is 7.03. The molecule has 1 amide bonds. The molecular formula is C21H29N5O2S. The Balaban J connectivity index is 1.16. The lowest BCUT2D eigenvalue weighted by Gasteiger charge is -2.37. The van der Waals surface area contributed by atoms with Gasteiger partial charge in [0.25, 0.3) is 0 Å². The number of para-hydroxylation sites is 1. The first-order valence-electron chi connectivity index (χ1n) is 10.5. The van der Waals surface area contributed by atoms with Crippen molar-refractivity contribution in [3.05, 3.63) is 41.4 Å². The molecule has 0 N–H and O–H groups in total. The van der Waals surface area contributed by atoms with Crippen molar-refractivity contribution in [2.45, 2.75) is 18.8 Å². The maximum Gasteiger partial charge on any atom is 0.236 e. The fourth-order valence-electron chi connectivity index (χ4n) is 4.07. The Morgan fingerprint density at radius 3 is 2.66 bits per heavy atom. The molecule has 2 aliphatic heterocycles. The molecule has 0 saturated carbocycles. The number of hydrogen-bond acceptors (Lipinski definition) is 7. The Kier molecular flexibility index (Phi) is 7.08. The third kappa shape index (κ3) is 5.74. The summed E-state index contributed by atoms with van der Waals surface area (Å²) < 4.78 is 9.77.